The van der Waals surface area contributed by atoms with Crippen molar-refractivity contribution in [3.05, 3.63) is 0 Å². The highest BCUT2D eigenvalue weighted by Crippen LogP contribution is 2.22. The number of carbonyl (C=O) groups excluding carboxylic acids is 1. The maximum atomic E-state index is 11.2. The Balaban J connectivity index is 2.59. The Morgan fingerprint density at radius 1 is 1.58 bits per heavy atom. The van der Waals surface area contributed by atoms with Crippen LogP contribution >= 0.6 is 0 Å². The molecule has 1 rings (SSSR count). The molecule has 2 atom stereocenters. The molecule has 0 aromatic rings. The predicted molar refractivity (Wildman–Crippen MR) is 42.6 cm³/mol. The third-order valence-corrected chi connectivity index (χ3v) is 2.32. The van der Waals surface area contributed by atoms with Crippen LogP contribution in [0.5, 0.6) is 0 Å². The van der Waals surface area contributed by atoms with Gasteiger partial charge >= 0.3 is 5.97 Å². The van der Waals surface area contributed by atoms with E-state index >= 15 is 0 Å². The number of carboxylic acids is 1. The minimum Gasteiger partial charge on any atom is -0.480 e. The second kappa shape index (κ2) is 3.67. The fraction of sp³-hybridized carbons (Fsp3) is 0.750. The van der Waals surface area contributed by atoms with Crippen LogP contribution in [0.3, 0.4) is 0 Å². The molecule has 12 heavy (non-hydrogen) atoms. The van der Waals surface area contributed by atoms with E-state index in [1.165, 1.54) is 0 Å². The Hall–Kier alpha value is -0.900. The molecule has 0 unspecified atom stereocenters. The molecular formula is C8H13NO3. The number of carboxylic acid groups (broad SMARTS) is 1. The van der Waals surface area contributed by atoms with Crippen LogP contribution in [-0.4, -0.2) is 22.9 Å². The zero-order chi connectivity index (χ0) is 9.14. The first kappa shape index (κ1) is 9.19. The molecule has 0 amide bonds. The van der Waals surface area contributed by atoms with Crippen LogP contribution in [0.2, 0.25) is 0 Å². The van der Waals surface area contributed by atoms with Crippen LogP contribution in [0.1, 0.15) is 25.7 Å². The molecule has 0 bridgehead atoms. The Morgan fingerprint density at radius 2 is 2.25 bits per heavy atom. The van der Waals surface area contributed by atoms with Gasteiger partial charge < -0.3 is 10.8 Å². The van der Waals surface area contributed by atoms with Gasteiger partial charge in [-0.15, -0.1) is 0 Å². The highest BCUT2D eigenvalue weighted by atomic mass is 16.4. The molecule has 1 aliphatic carbocycles. The van der Waals surface area contributed by atoms with Gasteiger partial charge in [-0.25, -0.2) is 0 Å². The number of hydrogen-bond donors (Lipinski definition) is 2. The third kappa shape index (κ3) is 1.82. The molecule has 1 fully saturated rings. The van der Waals surface area contributed by atoms with Crippen molar-refractivity contribution < 1.29 is 14.7 Å². The smallest absolute Gasteiger partial charge is 0.321 e. The SMILES string of the molecule is N[C@@H](C(=O)O)[C@H]1CCCCC1=O. The number of ketones is 1. The molecule has 0 radical (unpaired) electrons. The van der Waals surface area contributed by atoms with Gasteiger partial charge in [-0.05, 0) is 12.8 Å². The minimum absolute atomic E-state index is 0.0103. The van der Waals surface area contributed by atoms with Crippen LogP contribution in [0.15, 0.2) is 0 Å². The van der Waals surface area contributed by atoms with Gasteiger partial charge in [0.15, 0.2) is 0 Å². The molecule has 0 heterocycles. The number of aliphatic carboxylic acids is 1. The van der Waals surface area contributed by atoms with E-state index < -0.39 is 17.9 Å². The van der Waals surface area contributed by atoms with Gasteiger partial charge in [-0.2, -0.15) is 0 Å². The van der Waals surface area contributed by atoms with Gasteiger partial charge in [0, 0.05) is 12.3 Å². The largest absolute Gasteiger partial charge is 0.480 e. The summed E-state index contributed by atoms with van der Waals surface area (Å²) in [5.74, 6) is -1.51. The van der Waals surface area contributed by atoms with E-state index in [0.29, 0.717) is 12.8 Å². The molecule has 0 aliphatic heterocycles. The number of carbonyl (C=O) groups is 2. The minimum atomic E-state index is -1.07. The van der Waals surface area contributed by atoms with Gasteiger partial charge in [0.2, 0.25) is 0 Å². The molecule has 1 aliphatic rings. The van der Waals surface area contributed by atoms with Crippen LogP contribution < -0.4 is 5.73 Å². The second-order valence-electron chi connectivity index (χ2n) is 3.18. The fourth-order valence-corrected chi connectivity index (χ4v) is 1.56. The van der Waals surface area contributed by atoms with E-state index in [0.717, 1.165) is 12.8 Å². The highest BCUT2D eigenvalue weighted by Gasteiger charge is 2.31. The number of Topliss-reactive ketones (excluding diaryl/α,β-unsaturated/α-hetero) is 1. The quantitative estimate of drug-likeness (QED) is 0.620. The topological polar surface area (TPSA) is 80.4 Å². The summed E-state index contributed by atoms with van der Waals surface area (Å²) in [4.78, 5) is 21.7. The molecule has 3 N–H and O–H groups in total. The molecule has 4 nitrogen and oxygen atoms in total. The van der Waals surface area contributed by atoms with Crippen molar-refractivity contribution in [2.75, 3.05) is 0 Å². The van der Waals surface area contributed by atoms with Crippen molar-refractivity contribution in [1.82, 2.24) is 0 Å². The maximum absolute atomic E-state index is 11.2. The summed E-state index contributed by atoms with van der Waals surface area (Å²) in [5.41, 5.74) is 5.36. The average molecular weight is 171 g/mol. The third-order valence-electron chi connectivity index (χ3n) is 2.32. The van der Waals surface area contributed by atoms with Crippen molar-refractivity contribution >= 4 is 11.8 Å². The van der Waals surface area contributed by atoms with Gasteiger partial charge in [0.1, 0.15) is 11.8 Å². The Morgan fingerprint density at radius 3 is 2.75 bits per heavy atom. The normalized spacial score (nSPS) is 26.8. The van der Waals surface area contributed by atoms with Crippen LogP contribution in [0.25, 0.3) is 0 Å². The van der Waals surface area contributed by atoms with E-state index in [2.05, 4.69) is 0 Å². The summed E-state index contributed by atoms with van der Waals surface area (Å²) >= 11 is 0. The second-order valence-corrected chi connectivity index (χ2v) is 3.18. The zero-order valence-corrected chi connectivity index (χ0v) is 6.82. The summed E-state index contributed by atoms with van der Waals surface area (Å²) in [6.07, 6.45) is 2.91. The fourth-order valence-electron chi connectivity index (χ4n) is 1.56. The van der Waals surface area contributed by atoms with E-state index in [9.17, 15) is 9.59 Å². The maximum Gasteiger partial charge on any atom is 0.321 e. The summed E-state index contributed by atoms with van der Waals surface area (Å²) in [6, 6.07) is -1.00. The van der Waals surface area contributed by atoms with Crippen LogP contribution in [0, 0.1) is 5.92 Å². The molecule has 1 saturated carbocycles. The molecule has 68 valence electrons. The molecule has 0 aromatic carbocycles. The molecule has 0 spiro atoms. The monoisotopic (exact) mass is 171 g/mol. The highest BCUT2D eigenvalue weighted by molar-refractivity contribution is 5.88. The van der Waals surface area contributed by atoms with Crippen LogP contribution in [-0.2, 0) is 9.59 Å². The van der Waals surface area contributed by atoms with Crippen LogP contribution in [0.4, 0.5) is 0 Å². The first-order valence-corrected chi connectivity index (χ1v) is 4.14. The van der Waals surface area contributed by atoms with E-state index in [1.807, 2.05) is 0 Å². The Kier molecular flexibility index (Phi) is 2.81. The summed E-state index contributed by atoms with van der Waals surface area (Å²) in [5, 5.41) is 8.57. The number of nitrogens with two attached hydrogens (primary N) is 1. The summed E-state index contributed by atoms with van der Waals surface area (Å²) < 4.78 is 0. The standard InChI is InChI=1S/C8H13NO3/c9-7(8(11)12)5-3-1-2-4-6(5)10/h5,7H,1-4,9H2,(H,11,12)/t5-,7+/m0/s1. The number of rotatable bonds is 2. The molecule has 4 heteroatoms. The lowest BCUT2D eigenvalue weighted by molar-refractivity contribution is -0.143. The van der Waals surface area contributed by atoms with E-state index in [1.54, 1.807) is 0 Å². The summed E-state index contributed by atoms with van der Waals surface area (Å²) in [7, 11) is 0. The van der Waals surface area contributed by atoms with Crippen molar-refractivity contribution in [3.8, 4) is 0 Å². The lowest BCUT2D eigenvalue weighted by Crippen LogP contribution is -2.43. The van der Waals surface area contributed by atoms with Crippen molar-refractivity contribution in [2.45, 2.75) is 31.7 Å². The van der Waals surface area contributed by atoms with Gasteiger partial charge in [-0.3, -0.25) is 9.59 Å². The van der Waals surface area contributed by atoms with E-state index in [4.69, 9.17) is 10.8 Å². The first-order valence-electron chi connectivity index (χ1n) is 4.14. The summed E-state index contributed by atoms with van der Waals surface area (Å²) in [6.45, 7) is 0. The van der Waals surface area contributed by atoms with Crippen molar-refractivity contribution in [2.24, 2.45) is 11.7 Å². The van der Waals surface area contributed by atoms with E-state index in [-0.39, 0.29) is 5.78 Å². The van der Waals surface area contributed by atoms with Crippen molar-refractivity contribution in [3.63, 3.8) is 0 Å². The molecule has 0 saturated heterocycles. The number of hydrogen-bond acceptors (Lipinski definition) is 3. The predicted octanol–water partition coefficient (Wildman–Crippen LogP) is 0.158. The Labute approximate surface area is 70.7 Å². The molecule has 0 aromatic heterocycles. The average Bonchev–Trinajstić information content (AvgIpc) is 2.04. The van der Waals surface area contributed by atoms with Crippen molar-refractivity contribution in [1.29, 1.82) is 0 Å². The van der Waals surface area contributed by atoms with Gasteiger partial charge in [-0.1, -0.05) is 6.42 Å². The van der Waals surface area contributed by atoms with Gasteiger partial charge in [0.05, 0.1) is 0 Å². The lowest BCUT2D eigenvalue weighted by atomic mass is 9.83. The first-order chi connectivity index (χ1) is 5.63. The molecular weight excluding hydrogens is 158 g/mol. The lowest BCUT2D eigenvalue weighted by Gasteiger charge is -2.23. The Bertz CT molecular complexity index is 202. The van der Waals surface area contributed by atoms with Gasteiger partial charge in [0.25, 0.3) is 0 Å². The zero-order valence-electron chi connectivity index (χ0n) is 6.82.